The van der Waals surface area contributed by atoms with Crippen molar-refractivity contribution < 1.29 is 18.7 Å². The number of fused-ring (bicyclic) bond motifs is 5. The molecule has 4 heterocycles. The highest BCUT2D eigenvalue weighted by Gasteiger charge is 2.63. The molecule has 3 aliphatic rings. The Hall–Kier alpha value is -1.77. The zero-order chi connectivity index (χ0) is 18.9. The van der Waals surface area contributed by atoms with E-state index in [0.717, 1.165) is 17.7 Å². The summed E-state index contributed by atoms with van der Waals surface area (Å²) in [5.74, 6) is -1.60. The molecule has 5 rings (SSSR count). The van der Waals surface area contributed by atoms with Crippen LogP contribution in [0.1, 0.15) is 18.4 Å². The summed E-state index contributed by atoms with van der Waals surface area (Å²) in [5.41, 5.74) is 0.295. The van der Waals surface area contributed by atoms with Gasteiger partial charge >= 0.3 is 0 Å². The lowest BCUT2D eigenvalue weighted by atomic mass is 9.81. The fourth-order valence-electron chi connectivity index (χ4n) is 4.39. The van der Waals surface area contributed by atoms with Crippen molar-refractivity contribution in [2.45, 2.75) is 31.6 Å². The minimum Gasteiger partial charge on any atom is -0.373 e. The van der Waals surface area contributed by atoms with E-state index in [1.54, 1.807) is 12.3 Å². The highest BCUT2D eigenvalue weighted by molar-refractivity contribution is 9.10. The molecule has 4 atom stereocenters. The number of anilines is 1. The van der Waals surface area contributed by atoms with Gasteiger partial charge in [0.25, 0.3) is 0 Å². The van der Waals surface area contributed by atoms with E-state index in [2.05, 4.69) is 21.0 Å². The Bertz CT molecular complexity index is 933. The molecule has 1 aromatic heterocycles. The third kappa shape index (κ3) is 2.50. The molecular weight excluding hydrogens is 441 g/mol. The fourth-order valence-corrected chi connectivity index (χ4v) is 5.10. The lowest BCUT2D eigenvalue weighted by Crippen LogP contribution is -2.34. The molecule has 0 saturated carbocycles. The maximum Gasteiger partial charge on any atom is 0.241 e. The Labute approximate surface area is 167 Å². The number of carbonyl (C=O) groups is 2. The highest BCUT2D eigenvalue weighted by atomic mass is 79.9. The van der Waals surface area contributed by atoms with Crippen LogP contribution in [0.3, 0.4) is 0 Å². The number of carbonyl (C=O) groups excluding carboxylic acids is 2. The number of amides is 2. The van der Waals surface area contributed by atoms with Gasteiger partial charge in [-0.2, -0.15) is 5.10 Å². The summed E-state index contributed by atoms with van der Waals surface area (Å²) >= 11 is 9.45. The number of halogens is 3. The molecule has 0 aliphatic carbocycles. The lowest BCUT2D eigenvalue weighted by Gasteiger charge is -2.15. The molecule has 3 saturated heterocycles. The summed E-state index contributed by atoms with van der Waals surface area (Å²) < 4.78 is 21.7. The van der Waals surface area contributed by atoms with Gasteiger partial charge in [0.2, 0.25) is 11.8 Å². The summed E-state index contributed by atoms with van der Waals surface area (Å²) in [5, 5.41) is 4.65. The largest absolute Gasteiger partial charge is 0.373 e. The van der Waals surface area contributed by atoms with Crippen molar-refractivity contribution in [3.05, 3.63) is 45.3 Å². The van der Waals surface area contributed by atoms with Gasteiger partial charge in [-0.3, -0.25) is 14.3 Å². The second-order valence-corrected chi connectivity index (χ2v) is 8.31. The molecule has 140 valence electrons. The molecule has 3 aliphatic heterocycles. The van der Waals surface area contributed by atoms with E-state index in [1.165, 1.54) is 16.8 Å². The Morgan fingerprint density at radius 2 is 1.89 bits per heavy atom. The summed E-state index contributed by atoms with van der Waals surface area (Å²) in [6, 6.07) is 4.46. The van der Waals surface area contributed by atoms with Crippen LogP contribution in [0.5, 0.6) is 0 Å². The Balaban J connectivity index is 1.47. The molecule has 2 amide bonds. The lowest BCUT2D eigenvalue weighted by molar-refractivity contribution is -0.124. The van der Waals surface area contributed by atoms with Gasteiger partial charge in [0, 0.05) is 16.8 Å². The predicted octanol–water partition coefficient (Wildman–Crippen LogP) is 3.15. The normalized spacial score (nSPS) is 29.1. The minimum atomic E-state index is -0.438. The first-order valence-electron chi connectivity index (χ1n) is 8.65. The monoisotopic (exact) mass is 453 g/mol. The van der Waals surface area contributed by atoms with Gasteiger partial charge in [0.1, 0.15) is 5.82 Å². The Morgan fingerprint density at radius 3 is 2.52 bits per heavy atom. The van der Waals surface area contributed by atoms with E-state index in [4.69, 9.17) is 16.3 Å². The third-order valence-electron chi connectivity index (χ3n) is 5.58. The van der Waals surface area contributed by atoms with Crippen molar-refractivity contribution in [3.63, 3.8) is 0 Å². The second kappa shape index (κ2) is 6.12. The van der Waals surface area contributed by atoms with Crippen molar-refractivity contribution in [1.29, 1.82) is 0 Å². The predicted molar refractivity (Wildman–Crippen MR) is 97.8 cm³/mol. The van der Waals surface area contributed by atoms with Crippen LogP contribution in [0.2, 0.25) is 5.02 Å². The van der Waals surface area contributed by atoms with E-state index in [9.17, 15) is 14.0 Å². The number of hydrogen-bond acceptors (Lipinski definition) is 4. The zero-order valence-corrected chi connectivity index (χ0v) is 16.3. The summed E-state index contributed by atoms with van der Waals surface area (Å²) in [4.78, 5) is 26.9. The SMILES string of the molecule is O=C1[C@@H]2[C@H](C(=O)N1c1nn(Cc3c(F)cccc3Cl)cc1Br)[C@H]1CC[C@H]2O1. The van der Waals surface area contributed by atoms with Crippen LogP contribution in [0.4, 0.5) is 10.2 Å². The molecule has 1 aromatic carbocycles. The van der Waals surface area contributed by atoms with Crippen molar-refractivity contribution in [3.8, 4) is 0 Å². The molecule has 0 unspecified atom stereocenters. The Morgan fingerprint density at radius 1 is 1.22 bits per heavy atom. The van der Waals surface area contributed by atoms with Crippen molar-refractivity contribution in [1.82, 2.24) is 9.78 Å². The average molecular weight is 455 g/mol. The molecule has 9 heteroatoms. The number of imide groups is 1. The molecule has 2 bridgehead atoms. The molecule has 6 nitrogen and oxygen atoms in total. The van der Waals surface area contributed by atoms with Gasteiger partial charge in [-0.15, -0.1) is 0 Å². The molecule has 0 spiro atoms. The van der Waals surface area contributed by atoms with Crippen LogP contribution in [0.15, 0.2) is 28.9 Å². The van der Waals surface area contributed by atoms with E-state index < -0.39 is 17.7 Å². The van der Waals surface area contributed by atoms with E-state index in [0.29, 0.717) is 15.1 Å². The smallest absolute Gasteiger partial charge is 0.241 e. The first-order chi connectivity index (χ1) is 13.0. The second-order valence-electron chi connectivity index (χ2n) is 7.05. The van der Waals surface area contributed by atoms with E-state index >= 15 is 0 Å². The third-order valence-corrected chi connectivity index (χ3v) is 6.49. The van der Waals surface area contributed by atoms with Crippen molar-refractivity contribution in [2.75, 3.05) is 4.90 Å². The van der Waals surface area contributed by atoms with Gasteiger partial charge < -0.3 is 4.74 Å². The highest BCUT2D eigenvalue weighted by Crippen LogP contribution is 2.49. The first kappa shape index (κ1) is 17.3. The van der Waals surface area contributed by atoms with Crippen LogP contribution in [0.25, 0.3) is 0 Å². The molecule has 3 fully saturated rings. The van der Waals surface area contributed by atoms with E-state index in [1.807, 2.05) is 0 Å². The molecular formula is C18H14BrClFN3O3. The number of hydrogen-bond donors (Lipinski definition) is 0. The summed E-state index contributed by atoms with van der Waals surface area (Å²) in [6.45, 7) is 0.0849. The molecule has 2 aromatic rings. The molecule has 0 N–H and O–H groups in total. The fraction of sp³-hybridized carbons (Fsp3) is 0.389. The van der Waals surface area contributed by atoms with Gasteiger partial charge in [-0.1, -0.05) is 17.7 Å². The Kier molecular flexibility index (Phi) is 3.93. The topological polar surface area (TPSA) is 64.4 Å². The summed E-state index contributed by atoms with van der Waals surface area (Å²) in [7, 11) is 0. The van der Waals surface area contributed by atoms with Crippen LogP contribution in [0, 0.1) is 17.7 Å². The maximum atomic E-state index is 14.0. The van der Waals surface area contributed by atoms with E-state index in [-0.39, 0.29) is 36.4 Å². The number of ether oxygens (including phenoxy) is 1. The van der Waals surface area contributed by atoms with Crippen molar-refractivity contribution in [2.24, 2.45) is 11.8 Å². The van der Waals surface area contributed by atoms with Crippen molar-refractivity contribution >= 4 is 45.2 Å². The van der Waals surface area contributed by atoms with Crippen LogP contribution < -0.4 is 4.90 Å². The number of benzene rings is 1. The molecule has 0 radical (unpaired) electrons. The van der Waals surface area contributed by atoms with Gasteiger partial charge in [0.15, 0.2) is 5.82 Å². The first-order valence-corrected chi connectivity index (χ1v) is 9.82. The number of rotatable bonds is 3. The number of aromatic nitrogens is 2. The average Bonchev–Trinajstić information content (AvgIpc) is 3.36. The summed E-state index contributed by atoms with van der Waals surface area (Å²) in [6.07, 6.45) is 2.86. The maximum absolute atomic E-state index is 14.0. The van der Waals surface area contributed by atoms with Crippen LogP contribution >= 0.6 is 27.5 Å². The minimum absolute atomic E-state index is 0.0849. The van der Waals surface area contributed by atoms with Gasteiger partial charge in [-0.25, -0.2) is 9.29 Å². The number of nitrogens with zero attached hydrogens (tertiary/aromatic N) is 3. The molecule has 27 heavy (non-hydrogen) atoms. The van der Waals surface area contributed by atoms with Crippen LogP contribution in [-0.4, -0.2) is 33.8 Å². The van der Waals surface area contributed by atoms with Gasteiger partial charge in [0.05, 0.1) is 35.1 Å². The standard InChI is InChI=1S/C18H14BrClFN3O3/c19-9-7-23(6-8-10(20)2-1-3-11(8)21)22-16(9)24-17(25)14-12-4-5-13(27-12)15(14)18(24)26/h1-3,7,12-15H,4-6H2/t12-,13-,14-,15+/m1/s1. The van der Waals surface area contributed by atoms with Crippen LogP contribution in [-0.2, 0) is 20.9 Å². The zero-order valence-electron chi connectivity index (χ0n) is 13.9. The van der Waals surface area contributed by atoms with Gasteiger partial charge in [-0.05, 0) is 40.9 Å². The quantitative estimate of drug-likeness (QED) is 0.669.